The molecule has 0 unspecified atom stereocenters. The van der Waals surface area contributed by atoms with Gasteiger partial charge in [-0.3, -0.25) is 0 Å². The lowest BCUT2D eigenvalue weighted by Gasteiger charge is -2.39. The third kappa shape index (κ3) is 6.85. The average molecular weight is 299 g/mol. The summed E-state index contributed by atoms with van der Waals surface area (Å²) in [5, 5.41) is 0.233. The highest BCUT2D eigenvalue weighted by atomic mass is 28.4. The minimum atomic E-state index is -1.73. The van der Waals surface area contributed by atoms with E-state index in [4.69, 9.17) is 4.43 Å². The van der Waals surface area contributed by atoms with Gasteiger partial charge in [0.05, 0.1) is 0 Å². The van der Waals surface area contributed by atoms with Gasteiger partial charge in [-0.15, -0.1) is 0 Å². The maximum Gasteiger partial charge on any atom is 0.192 e. The van der Waals surface area contributed by atoms with Crippen molar-refractivity contribution < 1.29 is 9.22 Å². The topological polar surface area (TPSA) is 26.3 Å². The van der Waals surface area contributed by atoms with Gasteiger partial charge >= 0.3 is 0 Å². The van der Waals surface area contributed by atoms with Crippen LogP contribution in [0.3, 0.4) is 0 Å². The highest BCUT2D eigenvalue weighted by Crippen LogP contribution is 2.38. The Hall–Kier alpha value is -0.413. The van der Waals surface area contributed by atoms with Crippen LogP contribution in [0.15, 0.2) is 12.2 Å². The fourth-order valence-corrected chi connectivity index (χ4v) is 3.41. The normalized spacial score (nSPS) is 15.8. The van der Waals surface area contributed by atoms with Crippen LogP contribution in [0.2, 0.25) is 18.1 Å². The molecule has 0 aromatic heterocycles. The number of carbonyl (C=O) groups is 1. The van der Waals surface area contributed by atoms with E-state index >= 15 is 0 Å². The molecule has 0 bridgehead atoms. The SMILES string of the molecule is C=C(C[C@@H](CCC)O[Si](C)(C)C(C)(C)C)C[C@@H](C)C=O. The van der Waals surface area contributed by atoms with Gasteiger partial charge in [0.15, 0.2) is 8.32 Å². The van der Waals surface area contributed by atoms with Crippen molar-refractivity contribution in [3.63, 3.8) is 0 Å². The van der Waals surface area contributed by atoms with Gasteiger partial charge in [-0.05, 0) is 37.4 Å². The Morgan fingerprint density at radius 3 is 2.25 bits per heavy atom. The minimum Gasteiger partial charge on any atom is -0.414 e. The highest BCUT2D eigenvalue weighted by molar-refractivity contribution is 6.74. The minimum absolute atomic E-state index is 0.0673. The molecule has 0 radical (unpaired) electrons. The molecule has 0 spiro atoms. The number of hydrogen-bond acceptors (Lipinski definition) is 2. The zero-order chi connectivity index (χ0) is 16.0. The van der Waals surface area contributed by atoms with Crippen LogP contribution in [0.5, 0.6) is 0 Å². The molecule has 0 aliphatic rings. The van der Waals surface area contributed by atoms with Crippen molar-refractivity contribution in [2.75, 3.05) is 0 Å². The van der Waals surface area contributed by atoms with E-state index in [9.17, 15) is 4.79 Å². The smallest absolute Gasteiger partial charge is 0.192 e. The first-order valence-corrected chi connectivity index (χ1v) is 10.7. The molecular formula is C17H34O2Si. The second-order valence-corrected chi connectivity index (χ2v) is 12.3. The summed E-state index contributed by atoms with van der Waals surface area (Å²) < 4.78 is 6.52. The molecule has 0 saturated heterocycles. The van der Waals surface area contributed by atoms with Gasteiger partial charge in [0.2, 0.25) is 0 Å². The lowest BCUT2D eigenvalue weighted by atomic mass is 9.98. The van der Waals surface area contributed by atoms with E-state index in [1.165, 1.54) is 0 Å². The summed E-state index contributed by atoms with van der Waals surface area (Å²) in [6, 6.07) is 0. The summed E-state index contributed by atoms with van der Waals surface area (Å²) in [6.07, 6.45) is 5.13. The van der Waals surface area contributed by atoms with Crippen molar-refractivity contribution in [3.8, 4) is 0 Å². The van der Waals surface area contributed by atoms with Crippen molar-refractivity contribution in [1.29, 1.82) is 0 Å². The molecule has 2 atom stereocenters. The van der Waals surface area contributed by atoms with Gasteiger partial charge in [0.1, 0.15) is 6.29 Å². The quantitative estimate of drug-likeness (QED) is 0.326. The van der Waals surface area contributed by atoms with Crippen LogP contribution in [0.1, 0.15) is 60.3 Å². The molecule has 0 amide bonds. The van der Waals surface area contributed by atoms with Crippen molar-refractivity contribution in [3.05, 3.63) is 12.2 Å². The van der Waals surface area contributed by atoms with E-state index in [0.717, 1.165) is 37.5 Å². The molecule has 0 aromatic carbocycles. The Bertz CT molecular complexity index is 315. The van der Waals surface area contributed by atoms with Crippen molar-refractivity contribution in [1.82, 2.24) is 0 Å². The third-order valence-electron chi connectivity index (χ3n) is 4.24. The van der Waals surface area contributed by atoms with E-state index in [2.05, 4.69) is 47.4 Å². The van der Waals surface area contributed by atoms with Crippen molar-refractivity contribution in [2.45, 2.75) is 84.5 Å². The summed E-state index contributed by atoms with van der Waals surface area (Å²) in [5.41, 5.74) is 1.14. The molecule has 0 rings (SSSR count). The number of rotatable bonds is 9. The van der Waals surface area contributed by atoms with E-state index < -0.39 is 8.32 Å². The maximum absolute atomic E-state index is 10.7. The molecule has 3 heteroatoms. The molecule has 118 valence electrons. The summed E-state index contributed by atoms with van der Waals surface area (Å²) in [7, 11) is -1.73. The Balaban J connectivity index is 4.66. The lowest BCUT2D eigenvalue weighted by Crippen LogP contribution is -2.44. The Kier molecular flexibility index (Phi) is 7.96. The Morgan fingerprint density at radius 2 is 1.85 bits per heavy atom. The zero-order valence-corrected chi connectivity index (χ0v) is 15.6. The van der Waals surface area contributed by atoms with Crippen LogP contribution < -0.4 is 0 Å². The molecule has 0 aromatic rings. The summed E-state index contributed by atoms with van der Waals surface area (Å²) in [4.78, 5) is 10.7. The predicted molar refractivity (Wildman–Crippen MR) is 90.6 cm³/mol. The van der Waals surface area contributed by atoms with E-state index in [1.807, 2.05) is 6.92 Å². The van der Waals surface area contributed by atoms with E-state index in [1.54, 1.807) is 0 Å². The molecule has 0 saturated carbocycles. The molecule has 0 N–H and O–H groups in total. The molecule has 0 aliphatic carbocycles. The molecule has 0 heterocycles. The van der Waals surface area contributed by atoms with Crippen LogP contribution in [0, 0.1) is 5.92 Å². The van der Waals surface area contributed by atoms with Crippen LogP contribution in [0.25, 0.3) is 0 Å². The summed E-state index contributed by atoms with van der Waals surface area (Å²) >= 11 is 0. The monoisotopic (exact) mass is 298 g/mol. The lowest BCUT2D eigenvalue weighted by molar-refractivity contribution is -0.110. The van der Waals surface area contributed by atoms with Crippen LogP contribution in [-0.4, -0.2) is 20.7 Å². The number of hydrogen-bond donors (Lipinski definition) is 0. The van der Waals surface area contributed by atoms with Gasteiger partial charge in [-0.25, -0.2) is 0 Å². The van der Waals surface area contributed by atoms with Gasteiger partial charge < -0.3 is 9.22 Å². The van der Waals surface area contributed by atoms with Crippen LogP contribution >= 0.6 is 0 Å². The van der Waals surface area contributed by atoms with Crippen molar-refractivity contribution in [2.24, 2.45) is 5.92 Å². The predicted octanol–water partition coefficient (Wildman–Crippen LogP) is 5.35. The fourth-order valence-electron chi connectivity index (χ4n) is 2.03. The van der Waals surface area contributed by atoms with Crippen LogP contribution in [0.4, 0.5) is 0 Å². The standard InChI is InChI=1S/C17H34O2Si/c1-9-10-16(12-14(2)11-15(3)13-18)19-20(7,8)17(4,5)6/h13,15-16H,2,9-12H2,1,3-8H3/t15-,16-/m1/s1. The van der Waals surface area contributed by atoms with Crippen LogP contribution in [-0.2, 0) is 9.22 Å². The summed E-state index contributed by atoms with van der Waals surface area (Å²) in [6.45, 7) is 19.7. The Labute approximate surface area is 127 Å². The molecule has 0 aliphatic heterocycles. The van der Waals surface area contributed by atoms with Gasteiger partial charge in [-0.2, -0.15) is 0 Å². The largest absolute Gasteiger partial charge is 0.414 e. The number of aldehydes is 1. The Morgan fingerprint density at radius 1 is 1.30 bits per heavy atom. The molecule has 20 heavy (non-hydrogen) atoms. The molecular weight excluding hydrogens is 264 g/mol. The maximum atomic E-state index is 10.7. The second-order valence-electron chi connectivity index (χ2n) is 7.56. The molecule has 2 nitrogen and oxygen atoms in total. The zero-order valence-electron chi connectivity index (χ0n) is 14.6. The van der Waals surface area contributed by atoms with Gasteiger partial charge in [0, 0.05) is 12.0 Å². The van der Waals surface area contributed by atoms with Crippen molar-refractivity contribution >= 4 is 14.6 Å². The van der Waals surface area contributed by atoms with Gasteiger partial charge in [-0.1, -0.05) is 53.2 Å². The second kappa shape index (κ2) is 8.13. The first-order valence-electron chi connectivity index (χ1n) is 7.83. The first kappa shape index (κ1) is 19.6. The van der Waals surface area contributed by atoms with Gasteiger partial charge in [0.25, 0.3) is 0 Å². The fraction of sp³-hybridized carbons (Fsp3) is 0.824. The number of carbonyl (C=O) groups excluding carboxylic acids is 1. The summed E-state index contributed by atoms with van der Waals surface area (Å²) in [5.74, 6) is 0.0673. The third-order valence-corrected chi connectivity index (χ3v) is 8.77. The first-order chi connectivity index (χ1) is 9.03. The van der Waals surface area contributed by atoms with E-state index in [-0.39, 0.29) is 17.1 Å². The average Bonchev–Trinajstić information content (AvgIpc) is 2.26. The molecule has 0 fully saturated rings. The van der Waals surface area contributed by atoms with E-state index in [0.29, 0.717) is 0 Å². The highest BCUT2D eigenvalue weighted by Gasteiger charge is 2.38.